The number of aryl methyl sites for hydroxylation is 1. The van der Waals surface area contributed by atoms with E-state index in [-0.39, 0.29) is 36.2 Å². The molecule has 1 aromatic carbocycles. The molecule has 0 aliphatic heterocycles. The van der Waals surface area contributed by atoms with Gasteiger partial charge in [-0.2, -0.15) is 4.98 Å². The topological polar surface area (TPSA) is 111 Å². The van der Waals surface area contributed by atoms with Crippen LogP contribution < -0.4 is 5.32 Å². The van der Waals surface area contributed by atoms with Crippen LogP contribution in [0.5, 0.6) is 0 Å². The molecule has 0 saturated carbocycles. The second kappa shape index (κ2) is 10.1. The Morgan fingerprint density at radius 3 is 2.65 bits per heavy atom. The molecule has 8 nitrogen and oxygen atoms in total. The Balaban J connectivity index is 1.48. The summed E-state index contributed by atoms with van der Waals surface area (Å²) in [6, 6.07) is 9.02. The standard InChI is InChI=1S/C21H20FN3O5S/c1-12(20(28)17-8-7-16(31-17)11-23-13(2)26)29-19(27)10-9-18-24-21(25-30-18)14-3-5-15(22)6-4-14/h3-8,12H,9-11H2,1-2H3,(H,23,26). The fourth-order valence-corrected chi connectivity index (χ4v) is 3.57. The number of hydrogen-bond acceptors (Lipinski definition) is 8. The summed E-state index contributed by atoms with van der Waals surface area (Å²) in [6.07, 6.45) is -0.841. The quantitative estimate of drug-likeness (QED) is 0.397. The van der Waals surface area contributed by atoms with Crippen LogP contribution >= 0.6 is 11.3 Å². The first-order valence-corrected chi connectivity index (χ1v) is 10.3. The molecule has 0 saturated heterocycles. The molecule has 0 radical (unpaired) electrons. The highest BCUT2D eigenvalue weighted by Crippen LogP contribution is 2.20. The third kappa shape index (κ3) is 6.29. The highest BCUT2D eigenvalue weighted by Gasteiger charge is 2.21. The molecule has 0 bridgehead atoms. The van der Waals surface area contributed by atoms with Gasteiger partial charge in [0.1, 0.15) is 5.82 Å². The second-order valence-electron chi connectivity index (χ2n) is 6.69. The summed E-state index contributed by atoms with van der Waals surface area (Å²) >= 11 is 1.24. The minimum absolute atomic E-state index is 0.0408. The number of Topliss-reactive ketones (excluding diaryl/α,β-unsaturated/α-hetero) is 1. The lowest BCUT2D eigenvalue weighted by Gasteiger charge is -2.10. The van der Waals surface area contributed by atoms with Gasteiger partial charge in [-0.15, -0.1) is 11.3 Å². The minimum atomic E-state index is -0.947. The van der Waals surface area contributed by atoms with Crippen molar-refractivity contribution in [3.05, 3.63) is 57.9 Å². The van der Waals surface area contributed by atoms with E-state index in [9.17, 15) is 18.8 Å². The maximum atomic E-state index is 13.0. The Morgan fingerprint density at radius 2 is 1.94 bits per heavy atom. The van der Waals surface area contributed by atoms with Crippen LogP contribution in [-0.2, 0) is 27.3 Å². The molecule has 0 fully saturated rings. The number of ketones is 1. The van der Waals surface area contributed by atoms with Crippen LogP contribution in [0.4, 0.5) is 4.39 Å². The number of amides is 1. The number of nitrogens with one attached hydrogen (secondary N) is 1. The molecule has 1 amide bonds. The molecule has 1 unspecified atom stereocenters. The molecule has 162 valence electrons. The lowest BCUT2D eigenvalue weighted by Crippen LogP contribution is -2.24. The number of hydrogen-bond donors (Lipinski definition) is 1. The van der Waals surface area contributed by atoms with Crippen molar-refractivity contribution in [1.29, 1.82) is 0 Å². The Kier molecular flexibility index (Phi) is 7.24. The monoisotopic (exact) mass is 445 g/mol. The van der Waals surface area contributed by atoms with Gasteiger partial charge in [-0.25, -0.2) is 4.39 Å². The number of nitrogens with zero attached hydrogens (tertiary/aromatic N) is 2. The van der Waals surface area contributed by atoms with Crippen LogP contribution in [-0.4, -0.2) is 33.9 Å². The zero-order valence-corrected chi connectivity index (χ0v) is 17.7. The summed E-state index contributed by atoms with van der Waals surface area (Å²) in [5.74, 6) is -0.892. The summed E-state index contributed by atoms with van der Waals surface area (Å²) in [5.41, 5.74) is 0.590. The van der Waals surface area contributed by atoms with Gasteiger partial charge in [0, 0.05) is 23.8 Å². The van der Waals surface area contributed by atoms with Gasteiger partial charge < -0.3 is 14.6 Å². The third-order valence-corrected chi connectivity index (χ3v) is 5.31. The van der Waals surface area contributed by atoms with Crippen molar-refractivity contribution in [2.45, 2.75) is 39.3 Å². The molecule has 0 aliphatic carbocycles. The molecule has 3 rings (SSSR count). The zero-order chi connectivity index (χ0) is 22.4. The number of rotatable bonds is 9. The van der Waals surface area contributed by atoms with Crippen LogP contribution in [0, 0.1) is 5.82 Å². The number of carbonyl (C=O) groups is 3. The normalized spacial score (nSPS) is 11.7. The molecule has 2 heterocycles. The zero-order valence-electron chi connectivity index (χ0n) is 16.9. The first-order valence-electron chi connectivity index (χ1n) is 9.47. The van der Waals surface area contributed by atoms with Crippen molar-refractivity contribution >= 4 is 29.0 Å². The molecule has 1 N–H and O–H groups in total. The Labute approximate surface area is 181 Å². The lowest BCUT2D eigenvalue weighted by molar-refractivity contribution is -0.146. The Hall–Kier alpha value is -3.40. The average molecular weight is 445 g/mol. The van der Waals surface area contributed by atoms with Gasteiger partial charge >= 0.3 is 5.97 Å². The van der Waals surface area contributed by atoms with Crippen LogP contribution in [0.3, 0.4) is 0 Å². The fourth-order valence-electron chi connectivity index (χ4n) is 2.61. The molecular weight excluding hydrogens is 425 g/mol. The summed E-state index contributed by atoms with van der Waals surface area (Å²) < 4.78 is 23.3. The van der Waals surface area contributed by atoms with Gasteiger partial charge in [-0.1, -0.05) is 5.16 Å². The van der Waals surface area contributed by atoms with Gasteiger partial charge in [0.25, 0.3) is 0 Å². The molecule has 0 spiro atoms. The molecule has 0 aliphatic rings. The number of thiophene rings is 1. The van der Waals surface area contributed by atoms with E-state index < -0.39 is 12.1 Å². The largest absolute Gasteiger partial charge is 0.454 e. The predicted octanol–water partition coefficient (Wildman–Crippen LogP) is 3.32. The fraction of sp³-hybridized carbons (Fsp3) is 0.286. The van der Waals surface area contributed by atoms with Gasteiger partial charge in [0.05, 0.1) is 17.8 Å². The van der Waals surface area contributed by atoms with Crippen molar-refractivity contribution < 1.29 is 28.0 Å². The smallest absolute Gasteiger partial charge is 0.307 e. The summed E-state index contributed by atoms with van der Waals surface area (Å²) in [4.78, 5) is 41.0. The van der Waals surface area contributed by atoms with Gasteiger partial charge in [0.2, 0.25) is 23.4 Å². The van der Waals surface area contributed by atoms with Gasteiger partial charge in [-0.3, -0.25) is 14.4 Å². The van der Waals surface area contributed by atoms with E-state index in [1.54, 1.807) is 12.1 Å². The number of esters is 1. The van der Waals surface area contributed by atoms with Crippen molar-refractivity contribution in [2.75, 3.05) is 0 Å². The first-order chi connectivity index (χ1) is 14.8. The van der Waals surface area contributed by atoms with Crippen LogP contribution in [0.15, 0.2) is 40.9 Å². The molecule has 3 aromatic rings. The third-order valence-electron chi connectivity index (χ3n) is 4.21. The highest BCUT2D eigenvalue weighted by molar-refractivity contribution is 7.14. The molecule has 1 atom stereocenters. The number of aromatic nitrogens is 2. The van der Waals surface area contributed by atoms with E-state index >= 15 is 0 Å². The Bertz CT molecular complexity index is 1080. The number of carbonyl (C=O) groups excluding carboxylic acids is 3. The number of halogens is 1. The molecule has 2 aromatic heterocycles. The molecule has 31 heavy (non-hydrogen) atoms. The maximum Gasteiger partial charge on any atom is 0.307 e. The minimum Gasteiger partial charge on any atom is -0.454 e. The van der Waals surface area contributed by atoms with Crippen LogP contribution in [0.2, 0.25) is 0 Å². The lowest BCUT2D eigenvalue weighted by atomic mass is 10.2. The van der Waals surface area contributed by atoms with E-state index in [2.05, 4.69) is 15.5 Å². The highest BCUT2D eigenvalue weighted by atomic mass is 32.1. The Morgan fingerprint density at radius 1 is 1.19 bits per heavy atom. The second-order valence-corrected chi connectivity index (χ2v) is 7.86. The van der Waals surface area contributed by atoms with E-state index in [1.165, 1.54) is 49.4 Å². The SMILES string of the molecule is CC(=O)NCc1ccc(C(=O)C(C)OC(=O)CCc2nc(-c3ccc(F)cc3)no2)s1. The van der Waals surface area contributed by atoms with E-state index in [4.69, 9.17) is 9.26 Å². The summed E-state index contributed by atoms with van der Waals surface area (Å²) in [7, 11) is 0. The van der Waals surface area contributed by atoms with Crippen LogP contribution in [0.1, 0.15) is 40.7 Å². The van der Waals surface area contributed by atoms with Crippen molar-refractivity contribution in [2.24, 2.45) is 0 Å². The summed E-state index contributed by atoms with van der Waals surface area (Å²) in [5, 5.41) is 6.47. The first kappa shape index (κ1) is 22.3. The molecular formula is C21H20FN3O5S. The number of ether oxygens (including phenoxy) is 1. The van der Waals surface area contributed by atoms with E-state index in [0.29, 0.717) is 22.8 Å². The van der Waals surface area contributed by atoms with Gasteiger partial charge in [0.15, 0.2) is 6.10 Å². The predicted molar refractivity (Wildman–Crippen MR) is 110 cm³/mol. The maximum absolute atomic E-state index is 13.0. The van der Waals surface area contributed by atoms with Crippen molar-refractivity contribution in [3.8, 4) is 11.4 Å². The van der Waals surface area contributed by atoms with Crippen molar-refractivity contribution in [3.63, 3.8) is 0 Å². The molecule has 10 heteroatoms. The van der Waals surface area contributed by atoms with Gasteiger partial charge in [-0.05, 0) is 43.3 Å². The number of benzene rings is 1. The van der Waals surface area contributed by atoms with E-state index in [1.807, 2.05) is 0 Å². The van der Waals surface area contributed by atoms with Crippen LogP contribution in [0.25, 0.3) is 11.4 Å². The van der Waals surface area contributed by atoms with E-state index in [0.717, 1.165) is 4.88 Å². The average Bonchev–Trinajstić information content (AvgIpc) is 3.40. The van der Waals surface area contributed by atoms with Crippen molar-refractivity contribution in [1.82, 2.24) is 15.5 Å². The summed E-state index contributed by atoms with van der Waals surface area (Å²) in [6.45, 7) is 3.26.